The van der Waals surface area contributed by atoms with E-state index in [9.17, 15) is 23.1 Å². The molecule has 0 fully saturated rings. The van der Waals surface area contributed by atoms with Crippen LogP contribution in [0.3, 0.4) is 0 Å². The third kappa shape index (κ3) is 7.76. The Labute approximate surface area is 97.0 Å². The summed E-state index contributed by atoms with van der Waals surface area (Å²) >= 11 is 0. The summed E-state index contributed by atoms with van der Waals surface area (Å²) in [5.74, 6) is -4.26. The zero-order valence-electron chi connectivity index (χ0n) is 9.42. The lowest BCUT2D eigenvalue weighted by molar-refractivity contribution is -0.145. The molecule has 0 aliphatic carbocycles. The van der Waals surface area contributed by atoms with Crippen LogP contribution in [0.15, 0.2) is 12.2 Å². The first kappa shape index (κ1) is 15.9. The highest BCUT2D eigenvalue weighted by Gasteiger charge is 2.29. The lowest BCUT2D eigenvalue weighted by Gasteiger charge is -2.15. The van der Waals surface area contributed by atoms with E-state index < -0.39 is 44.5 Å². The third-order valence-electron chi connectivity index (χ3n) is 1.57. The van der Waals surface area contributed by atoms with Gasteiger partial charge in [-0.15, -0.1) is 0 Å². The molecular formula is C10H15F3O4. The Morgan fingerprint density at radius 2 is 2.06 bits per heavy atom. The Bertz CT molecular complexity index is 268. The smallest absolute Gasteiger partial charge is 0.333 e. The zero-order chi connectivity index (χ0) is 13.5. The van der Waals surface area contributed by atoms with Crippen molar-refractivity contribution < 1.29 is 32.5 Å². The zero-order valence-corrected chi connectivity index (χ0v) is 9.42. The van der Waals surface area contributed by atoms with E-state index >= 15 is 0 Å². The van der Waals surface area contributed by atoms with E-state index in [2.05, 4.69) is 16.1 Å². The second-order valence-corrected chi connectivity index (χ2v) is 3.54. The minimum absolute atomic E-state index is 0.155. The van der Waals surface area contributed by atoms with Crippen LogP contribution in [-0.4, -0.2) is 49.6 Å². The van der Waals surface area contributed by atoms with Gasteiger partial charge in [0.1, 0.15) is 19.3 Å². The first-order chi connectivity index (χ1) is 7.78. The Morgan fingerprint density at radius 1 is 1.47 bits per heavy atom. The normalized spacial score (nSPS) is 13.2. The van der Waals surface area contributed by atoms with Crippen LogP contribution >= 0.6 is 0 Å². The molecule has 0 aliphatic rings. The van der Waals surface area contributed by atoms with Crippen molar-refractivity contribution in [3.63, 3.8) is 0 Å². The van der Waals surface area contributed by atoms with Crippen LogP contribution in [-0.2, 0) is 14.3 Å². The second kappa shape index (κ2) is 7.29. The fourth-order valence-corrected chi connectivity index (χ4v) is 0.726. The molecule has 0 saturated carbocycles. The Hall–Kier alpha value is -1.08. The van der Waals surface area contributed by atoms with Crippen molar-refractivity contribution in [3.05, 3.63) is 12.2 Å². The van der Waals surface area contributed by atoms with Gasteiger partial charge >= 0.3 is 5.97 Å². The number of rotatable bonds is 8. The van der Waals surface area contributed by atoms with Crippen LogP contribution in [0, 0.1) is 0 Å². The minimum atomic E-state index is -3.56. The van der Waals surface area contributed by atoms with Gasteiger partial charge in [-0.3, -0.25) is 0 Å². The lowest BCUT2D eigenvalue weighted by atomic mass is 10.3. The molecule has 1 atom stereocenters. The van der Waals surface area contributed by atoms with Gasteiger partial charge in [0.25, 0.3) is 5.92 Å². The van der Waals surface area contributed by atoms with Crippen LogP contribution in [0.4, 0.5) is 13.2 Å². The molecule has 0 heterocycles. The molecule has 17 heavy (non-hydrogen) atoms. The average molecular weight is 256 g/mol. The van der Waals surface area contributed by atoms with Gasteiger partial charge in [-0.1, -0.05) is 6.58 Å². The molecule has 0 spiro atoms. The van der Waals surface area contributed by atoms with Crippen molar-refractivity contribution in [2.45, 2.75) is 19.0 Å². The standard InChI is InChI=1S/C10H15F3O4/c1-7(2)9(15)17-4-8(14)3-16-6-10(12,13)5-11/h8,14H,1,3-6H2,2H3. The number of alkyl halides is 3. The molecule has 0 aliphatic heterocycles. The maximum atomic E-state index is 12.3. The quantitative estimate of drug-likeness (QED) is 0.521. The second-order valence-electron chi connectivity index (χ2n) is 3.54. The van der Waals surface area contributed by atoms with E-state index in [4.69, 9.17) is 0 Å². The highest BCUT2D eigenvalue weighted by molar-refractivity contribution is 5.86. The number of hydrogen-bond acceptors (Lipinski definition) is 4. The summed E-state index contributed by atoms with van der Waals surface area (Å²) in [5, 5.41) is 9.18. The minimum Gasteiger partial charge on any atom is -0.460 e. The van der Waals surface area contributed by atoms with Gasteiger partial charge in [0.05, 0.1) is 6.61 Å². The lowest BCUT2D eigenvalue weighted by Crippen LogP contribution is -2.30. The molecule has 4 nitrogen and oxygen atoms in total. The SMILES string of the molecule is C=C(C)C(=O)OCC(O)COCC(F)(F)CF. The predicted molar refractivity (Wildman–Crippen MR) is 53.5 cm³/mol. The van der Waals surface area contributed by atoms with Gasteiger partial charge in [0.15, 0.2) is 6.67 Å². The fourth-order valence-electron chi connectivity index (χ4n) is 0.726. The monoisotopic (exact) mass is 256 g/mol. The van der Waals surface area contributed by atoms with Crippen LogP contribution in [0.1, 0.15) is 6.92 Å². The molecule has 0 rings (SSSR count). The molecule has 100 valence electrons. The summed E-state index contributed by atoms with van der Waals surface area (Å²) in [4.78, 5) is 10.9. The molecule has 1 unspecified atom stereocenters. The van der Waals surface area contributed by atoms with Crippen molar-refractivity contribution in [2.24, 2.45) is 0 Å². The first-order valence-corrected chi connectivity index (χ1v) is 4.80. The number of aliphatic hydroxyl groups is 1. The van der Waals surface area contributed by atoms with Gasteiger partial charge in [-0.05, 0) is 6.92 Å². The molecule has 0 aromatic heterocycles. The summed E-state index contributed by atoms with van der Waals surface area (Å²) in [6.45, 7) is 0.909. The molecule has 0 amide bonds. The molecule has 0 aromatic rings. The molecule has 0 radical (unpaired) electrons. The van der Waals surface area contributed by atoms with E-state index in [1.165, 1.54) is 6.92 Å². The summed E-state index contributed by atoms with van der Waals surface area (Å²) in [6.07, 6.45) is -1.24. The van der Waals surface area contributed by atoms with E-state index in [0.717, 1.165) is 0 Å². The molecule has 0 aromatic carbocycles. The Morgan fingerprint density at radius 3 is 2.53 bits per heavy atom. The van der Waals surface area contributed by atoms with Crippen molar-refractivity contribution in [3.8, 4) is 0 Å². The largest absolute Gasteiger partial charge is 0.460 e. The van der Waals surface area contributed by atoms with Gasteiger partial charge in [-0.2, -0.15) is 0 Å². The van der Waals surface area contributed by atoms with E-state index in [1.54, 1.807) is 0 Å². The summed E-state index contributed by atoms with van der Waals surface area (Å²) in [6, 6.07) is 0. The topological polar surface area (TPSA) is 55.8 Å². The summed E-state index contributed by atoms with van der Waals surface area (Å²) in [7, 11) is 0. The predicted octanol–water partition coefficient (Wildman–Crippen LogP) is 1.09. The summed E-state index contributed by atoms with van der Waals surface area (Å²) < 4.78 is 45.3. The Kier molecular flexibility index (Phi) is 6.82. The van der Waals surface area contributed by atoms with E-state index in [0.29, 0.717) is 0 Å². The number of aliphatic hydroxyl groups excluding tert-OH is 1. The van der Waals surface area contributed by atoms with Crippen molar-refractivity contribution in [1.82, 2.24) is 0 Å². The Balaban J connectivity index is 3.70. The number of hydrogen-bond donors (Lipinski definition) is 1. The van der Waals surface area contributed by atoms with Gasteiger partial charge in [0.2, 0.25) is 0 Å². The molecule has 7 heteroatoms. The van der Waals surface area contributed by atoms with Crippen LogP contribution in [0.2, 0.25) is 0 Å². The first-order valence-electron chi connectivity index (χ1n) is 4.80. The van der Waals surface area contributed by atoms with Gasteiger partial charge in [0, 0.05) is 5.57 Å². The number of carbonyl (C=O) groups excluding carboxylic acids is 1. The number of esters is 1. The molecular weight excluding hydrogens is 241 g/mol. The van der Waals surface area contributed by atoms with Crippen LogP contribution in [0.25, 0.3) is 0 Å². The highest BCUT2D eigenvalue weighted by Crippen LogP contribution is 2.13. The van der Waals surface area contributed by atoms with Crippen molar-refractivity contribution in [2.75, 3.05) is 26.5 Å². The number of ether oxygens (including phenoxy) is 2. The fraction of sp³-hybridized carbons (Fsp3) is 0.700. The van der Waals surface area contributed by atoms with Crippen LogP contribution in [0.5, 0.6) is 0 Å². The maximum absolute atomic E-state index is 12.3. The molecule has 0 bridgehead atoms. The number of carbonyl (C=O) groups is 1. The van der Waals surface area contributed by atoms with Crippen molar-refractivity contribution >= 4 is 5.97 Å². The van der Waals surface area contributed by atoms with Gasteiger partial charge in [-0.25, -0.2) is 18.0 Å². The van der Waals surface area contributed by atoms with E-state index in [1.807, 2.05) is 0 Å². The van der Waals surface area contributed by atoms with E-state index in [-0.39, 0.29) is 5.57 Å². The number of halogens is 3. The molecule has 1 N–H and O–H groups in total. The highest BCUT2D eigenvalue weighted by atomic mass is 19.3. The third-order valence-corrected chi connectivity index (χ3v) is 1.57. The van der Waals surface area contributed by atoms with Crippen LogP contribution < -0.4 is 0 Å². The average Bonchev–Trinajstić information content (AvgIpc) is 2.25. The molecule has 0 saturated heterocycles. The maximum Gasteiger partial charge on any atom is 0.333 e. The summed E-state index contributed by atoms with van der Waals surface area (Å²) in [5.41, 5.74) is 0.155. The van der Waals surface area contributed by atoms with Crippen molar-refractivity contribution in [1.29, 1.82) is 0 Å². The van der Waals surface area contributed by atoms with Gasteiger partial charge < -0.3 is 14.6 Å².